The highest BCUT2D eigenvalue weighted by Gasteiger charge is 2.26. The van der Waals surface area contributed by atoms with Crippen molar-refractivity contribution in [3.05, 3.63) is 42.4 Å². The molecular weight excluding hydrogens is 300 g/mol. The van der Waals surface area contributed by atoms with E-state index in [1.165, 1.54) is 0 Å². The Labute approximate surface area is 142 Å². The van der Waals surface area contributed by atoms with E-state index >= 15 is 0 Å². The zero-order valence-electron chi connectivity index (χ0n) is 14.0. The Kier molecular flexibility index (Phi) is 4.10. The first kappa shape index (κ1) is 15.4. The molecule has 2 aromatic rings. The summed E-state index contributed by atoms with van der Waals surface area (Å²) < 4.78 is 5.57. The monoisotopic (exact) mass is 323 g/mol. The second-order valence-corrected chi connectivity index (χ2v) is 6.67. The van der Waals surface area contributed by atoms with Gasteiger partial charge in [-0.15, -0.1) is 0 Å². The summed E-state index contributed by atoms with van der Waals surface area (Å²) in [6.45, 7) is 4.54. The van der Waals surface area contributed by atoms with Gasteiger partial charge >= 0.3 is 0 Å². The molecule has 1 saturated carbocycles. The van der Waals surface area contributed by atoms with E-state index in [0.717, 1.165) is 61.2 Å². The van der Waals surface area contributed by atoms with Gasteiger partial charge in [-0.2, -0.15) is 0 Å². The van der Waals surface area contributed by atoms with Gasteiger partial charge in [0.2, 0.25) is 0 Å². The number of hydrogen-bond donors (Lipinski definition) is 1. The van der Waals surface area contributed by atoms with Crippen molar-refractivity contribution >= 4 is 11.5 Å². The fourth-order valence-corrected chi connectivity index (χ4v) is 3.21. The summed E-state index contributed by atoms with van der Waals surface area (Å²) in [4.78, 5) is 12.0. The number of nitrogen functional groups attached to an aromatic ring is 1. The van der Waals surface area contributed by atoms with Gasteiger partial charge in [-0.1, -0.05) is 0 Å². The first-order valence-corrected chi connectivity index (χ1v) is 8.61. The highest BCUT2D eigenvalue weighted by molar-refractivity contribution is 5.61. The first-order valence-electron chi connectivity index (χ1n) is 8.61. The van der Waals surface area contributed by atoms with Crippen LogP contribution in [0.3, 0.4) is 0 Å². The van der Waals surface area contributed by atoms with E-state index in [4.69, 9.17) is 20.4 Å². The second-order valence-electron chi connectivity index (χ2n) is 6.67. The van der Waals surface area contributed by atoms with Crippen LogP contribution in [0.15, 0.2) is 30.3 Å². The molecule has 5 heteroatoms. The summed E-state index contributed by atoms with van der Waals surface area (Å²) in [5, 5.41) is 0. The van der Waals surface area contributed by atoms with Crippen LogP contribution in [-0.2, 0) is 4.74 Å². The predicted octanol–water partition coefficient (Wildman–Crippen LogP) is 3.03. The highest BCUT2D eigenvalue weighted by atomic mass is 16.5. The van der Waals surface area contributed by atoms with E-state index < -0.39 is 0 Å². The van der Waals surface area contributed by atoms with Crippen LogP contribution in [0.4, 0.5) is 11.5 Å². The van der Waals surface area contributed by atoms with Crippen molar-refractivity contribution in [1.82, 2.24) is 9.97 Å². The van der Waals surface area contributed by atoms with Gasteiger partial charge in [0.15, 0.2) is 5.82 Å². The van der Waals surface area contributed by atoms with Crippen LogP contribution < -0.4 is 10.6 Å². The minimum absolute atomic E-state index is 0.328. The summed E-state index contributed by atoms with van der Waals surface area (Å²) in [5.41, 5.74) is 8.72. The highest BCUT2D eigenvalue weighted by Crippen LogP contribution is 2.36. The maximum absolute atomic E-state index is 5.81. The van der Waals surface area contributed by atoms with Crippen molar-refractivity contribution < 1.29 is 4.74 Å². The van der Waals surface area contributed by atoms with Crippen LogP contribution in [0.5, 0.6) is 0 Å². The van der Waals surface area contributed by atoms with Crippen LogP contribution in [0.25, 0.3) is 11.4 Å². The third-order valence-corrected chi connectivity index (χ3v) is 4.88. The average Bonchev–Trinajstić information content (AvgIpc) is 2.54. The standard InChI is InChI=1S/C19H23N4O/c1-13-12-24-10-9-23(13)18-11-17(14-3-2-4-14)21-19(22-18)15-5-7-16(20)8-6-15/h2,5-8,11,13-14H,3-4,9-10,12,20H2,1H3/t13-/m0/s1. The molecule has 0 amide bonds. The van der Waals surface area contributed by atoms with E-state index in [-0.39, 0.29) is 0 Å². The Balaban J connectivity index is 1.75. The van der Waals surface area contributed by atoms with Gasteiger partial charge < -0.3 is 15.4 Å². The molecule has 0 bridgehead atoms. The van der Waals surface area contributed by atoms with Crippen LogP contribution >= 0.6 is 0 Å². The summed E-state index contributed by atoms with van der Waals surface area (Å²) >= 11 is 0. The first-order chi connectivity index (χ1) is 11.7. The Bertz CT molecular complexity index is 712. The molecule has 2 fully saturated rings. The lowest BCUT2D eigenvalue weighted by Gasteiger charge is -2.35. The summed E-state index contributed by atoms with van der Waals surface area (Å²) in [5.74, 6) is 2.32. The van der Waals surface area contributed by atoms with Gasteiger partial charge in [-0.3, -0.25) is 0 Å². The molecule has 0 unspecified atom stereocenters. The van der Waals surface area contributed by atoms with Gasteiger partial charge in [0.25, 0.3) is 0 Å². The lowest BCUT2D eigenvalue weighted by molar-refractivity contribution is 0.0985. The molecule has 4 rings (SSSR count). The number of ether oxygens (including phenoxy) is 1. The number of nitrogens with zero attached hydrogens (tertiary/aromatic N) is 3. The number of hydrogen-bond acceptors (Lipinski definition) is 5. The Hall–Kier alpha value is -2.14. The molecule has 5 nitrogen and oxygen atoms in total. The smallest absolute Gasteiger partial charge is 0.161 e. The minimum Gasteiger partial charge on any atom is -0.399 e. The Morgan fingerprint density at radius 2 is 1.96 bits per heavy atom. The van der Waals surface area contributed by atoms with Crippen LogP contribution in [0.2, 0.25) is 0 Å². The van der Waals surface area contributed by atoms with E-state index in [2.05, 4.69) is 24.3 Å². The number of nitrogens with two attached hydrogens (primary N) is 1. The Morgan fingerprint density at radius 3 is 2.62 bits per heavy atom. The third-order valence-electron chi connectivity index (χ3n) is 4.88. The lowest BCUT2D eigenvalue weighted by atomic mass is 9.82. The molecule has 1 radical (unpaired) electrons. The lowest BCUT2D eigenvalue weighted by Crippen LogP contribution is -2.44. The van der Waals surface area contributed by atoms with E-state index in [1.54, 1.807) is 0 Å². The van der Waals surface area contributed by atoms with Crippen molar-refractivity contribution in [3.8, 4) is 11.4 Å². The average molecular weight is 323 g/mol. The zero-order chi connectivity index (χ0) is 16.5. The summed E-state index contributed by atoms with van der Waals surface area (Å²) in [6, 6.07) is 10.3. The van der Waals surface area contributed by atoms with E-state index in [9.17, 15) is 0 Å². The Morgan fingerprint density at radius 1 is 1.17 bits per heavy atom. The SMILES string of the molecule is C[C@H]1COCCN1c1cc(C2C[CH]C2)nc(-c2ccc(N)cc2)n1. The predicted molar refractivity (Wildman–Crippen MR) is 95.8 cm³/mol. The number of rotatable bonds is 3. The van der Waals surface area contributed by atoms with Crippen molar-refractivity contribution in [2.75, 3.05) is 30.4 Å². The third kappa shape index (κ3) is 2.96. The summed E-state index contributed by atoms with van der Waals surface area (Å²) in [7, 11) is 0. The number of anilines is 2. The van der Waals surface area contributed by atoms with Crippen LogP contribution in [-0.4, -0.2) is 35.8 Å². The molecule has 2 heterocycles. The number of morpholine rings is 1. The molecule has 0 spiro atoms. The molecule has 2 N–H and O–H groups in total. The van der Waals surface area contributed by atoms with Crippen molar-refractivity contribution in [2.24, 2.45) is 0 Å². The van der Waals surface area contributed by atoms with Crippen LogP contribution in [0, 0.1) is 6.42 Å². The van der Waals surface area contributed by atoms with E-state index in [1.807, 2.05) is 24.3 Å². The topological polar surface area (TPSA) is 64.3 Å². The molecular formula is C19H23N4O. The molecule has 1 atom stereocenters. The van der Waals surface area contributed by atoms with Gasteiger partial charge in [-0.25, -0.2) is 9.97 Å². The fraction of sp³-hybridized carbons (Fsp3) is 0.421. The van der Waals surface area contributed by atoms with Gasteiger partial charge in [0.05, 0.1) is 19.3 Å². The van der Waals surface area contributed by atoms with E-state index in [0.29, 0.717) is 12.0 Å². The maximum Gasteiger partial charge on any atom is 0.161 e. The van der Waals surface area contributed by atoms with Gasteiger partial charge in [0.1, 0.15) is 5.82 Å². The molecule has 2 aliphatic rings. The fourth-order valence-electron chi connectivity index (χ4n) is 3.21. The number of benzene rings is 1. The molecule has 1 aliphatic heterocycles. The number of aromatic nitrogens is 2. The molecule has 1 aromatic heterocycles. The summed E-state index contributed by atoms with van der Waals surface area (Å²) in [6.07, 6.45) is 4.53. The normalized spacial score (nSPS) is 21.5. The molecule has 1 aromatic carbocycles. The maximum atomic E-state index is 5.81. The van der Waals surface area contributed by atoms with Crippen molar-refractivity contribution in [2.45, 2.75) is 31.7 Å². The molecule has 24 heavy (non-hydrogen) atoms. The second kappa shape index (κ2) is 6.40. The minimum atomic E-state index is 0.328. The zero-order valence-corrected chi connectivity index (χ0v) is 14.0. The molecule has 1 saturated heterocycles. The quantitative estimate of drug-likeness (QED) is 0.880. The molecule has 125 valence electrons. The van der Waals surface area contributed by atoms with Crippen LogP contribution in [0.1, 0.15) is 31.4 Å². The molecule has 1 aliphatic carbocycles. The van der Waals surface area contributed by atoms with Crippen molar-refractivity contribution in [1.29, 1.82) is 0 Å². The largest absolute Gasteiger partial charge is 0.399 e. The van der Waals surface area contributed by atoms with Gasteiger partial charge in [-0.05, 0) is 50.5 Å². The van der Waals surface area contributed by atoms with Gasteiger partial charge in [0, 0.05) is 35.5 Å². The van der Waals surface area contributed by atoms with Crippen molar-refractivity contribution in [3.63, 3.8) is 0 Å².